The molecule has 0 atom stereocenters. The van der Waals surface area contributed by atoms with Crippen molar-refractivity contribution in [2.75, 3.05) is 0 Å². The van der Waals surface area contributed by atoms with Gasteiger partial charge >= 0.3 is 12.1 Å². The standard InChI is InChI=1S/C20H26N2O4/c1-5-20(2,3)26-19(25)21-16(18(23)24)11-8-9-14-13-22(4)17-12-7-6-10-15(14)17/h6-7,10-13H,5,8-9H2,1-4H3,(H,21,25)(H,23,24)/b16-11+. The van der Waals surface area contributed by atoms with Crippen LogP contribution in [-0.4, -0.2) is 27.3 Å². The smallest absolute Gasteiger partial charge is 0.412 e. The van der Waals surface area contributed by atoms with E-state index in [2.05, 4.69) is 16.0 Å². The number of alkyl carbamates (subject to hydrolysis) is 1. The highest BCUT2D eigenvalue weighted by molar-refractivity contribution is 5.90. The molecule has 26 heavy (non-hydrogen) atoms. The number of carboxylic acid groups (broad SMARTS) is 1. The lowest BCUT2D eigenvalue weighted by Crippen LogP contribution is -2.35. The van der Waals surface area contributed by atoms with Crippen LogP contribution in [0.25, 0.3) is 10.9 Å². The van der Waals surface area contributed by atoms with E-state index in [0.29, 0.717) is 19.3 Å². The van der Waals surface area contributed by atoms with Gasteiger partial charge in [-0.15, -0.1) is 0 Å². The Labute approximate surface area is 153 Å². The van der Waals surface area contributed by atoms with E-state index < -0.39 is 17.7 Å². The van der Waals surface area contributed by atoms with E-state index >= 15 is 0 Å². The number of aromatic nitrogens is 1. The first kappa shape index (κ1) is 19.6. The topological polar surface area (TPSA) is 80.6 Å². The van der Waals surface area contributed by atoms with Crippen molar-refractivity contribution in [3.05, 3.63) is 47.8 Å². The molecule has 6 heteroatoms. The second-order valence-corrected chi connectivity index (χ2v) is 6.87. The molecular formula is C20H26N2O4. The number of fused-ring (bicyclic) bond motifs is 1. The van der Waals surface area contributed by atoms with Crippen molar-refractivity contribution in [3.8, 4) is 0 Å². The number of benzene rings is 1. The number of aliphatic carboxylic acids is 1. The molecule has 1 aromatic heterocycles. The predicted octanol–water partition coefficient (Wildman–Crippen LogP) is 3.99. The summed E-state index contributed by atoms with van der Waals surface area (Å²) in [5.74, 6) is -1.19. The number of carbonyl (C=O) groups is 2. The molecule has 0 aliphatic heterocycles. The minimum atomic E-state index is -1.19. The van der Waals surface area contributed by atoms with Gasteiger partial charge in [-0.1, -0.05) is 31.2 Å². The summed E-state index contributed by atoms with van der Waals surface area (Å²) < 4.78 is 7.29. The number of nitrogens with one attached hydrogen (secondary N) is 1. The molecule has 0 saturated carbocycles. The molecule has 0 aliphatic carbocycles. The number of nitrogens with zero attached hydrogens (tertiary/aromatic N) is 1. The van der Waals surface area contributed by atoms with E-state index in [1.807, 2.05) is 38.4 Å². The lowest BCUT2D eigenvalue weighted by molar-refractivity contribution is -0.133. The summed E-state index contributed by atoms with van der Waals surface area (Å²) in [6.07, 6.45) is 4.61. The monoisotopic (exact) mass is 358 g/mol. The molecule has 0 saturated heterocycles. The summed E-state index contributed by atoms with van der Waals surface area (Å²) in [6.45, 7) is 5.44. The van der Waals surface area contributed by atoms with Crippen molar-refractivity contribution in [2.24, 2.45) is 7.05 Å². The van der Waals surface area contributed by atoms with Gasteiger partial charge in [0.1, 0.15) is 11.3 Å². The second-order valence-electron chi connectivity index (χ2n) is 6.87. The van der Waals surface area contributed by atoms with Gasteiger partial charge in [0, 0.05) is 24.1 Å². The maximum absolute atomic E-state index is 11.9. The number of hydrogen-bond acceptors (Lipinski definition) is 3. The van der Waals surface area contributed by atoms with Crippen LogP contribution in [0.3, 0.4) is 0 Å². The zero-order chi connectivity index (χ0) is 19.3. The minimum Gasteiger partial charge on any atom is -0.477 e. The number of hydrogen-bond donors (Lipinski definition) is 2. The van der Waals surface area contributed by atoms with Crippen LogP contribution in [0.2, 0.25) is 0 Å². The molecule has 0 aliphatic rings. The van der Waals surface area contributed by atoms with E-state index in [0.717, 1.165) is 16.5 Å². The molecule has 1 amide bonds. The number of amides is 1. The van der Waals surface area contributed by atoms with Crippen molar-refractivity contribution < 1.29 is 19.4 Å². The highest BCUT2D eigenvalue weighted by Crippen LogP contribution is 2.21. The first-order chi connectivity index (χ1) is 12.2. The number of para-hydroxylation sites is 1. The van der Waals surface area contributed by atoms with Gasteiger partial charge in [0.15, 0.2) is 0 Å². The van der Waals surface area contributed by atoms with Crippen LogP contribution in [-0.2, 0) is 23.0 Å². The Bertz CT molecular complexity index is 833. The molecule has 0 bridgehead atoms. The zero-order valence-corrected chi connectivity index (χ0v) is 15.7. The van der Waals surface area contributed by atoms with Crippen molar-refractivity contribution in [3.63, 3.8) is 0 Å². The fraction of sp³-hybridized carbons (Fsp3) is 0.400. The Hall–Kier alpha value is -2.76. The van der Waals surface area contributed by atoms with Crippen LogP contribution >= 0.6 is 0 Å². The van der Waals surface area contributed by atoms with Crippen molar-refractivity contribution >= 4 is 23.0 Å². The Morgan fingerprint density at radius 3 is 2.65 bits per heavy atom. The van der Waals surface area contributed by atoms with E-state index in [-0.39, 0.29) is 5.70 Å². The number of allylic oxidation sites excluding steroid dienone is 1. The van der Waals surface area contributed by atoms with Crippen molar-refractivity contribution in [1.82, 2.24) is 9.88 Å². The SMILES string of the molecule is CCC(C)(C)OC(=O)N/C(=C/CCc1cn(C)c2ccccc12)C(=O)O. The molecule has 2 rings (SSSR count). The molecular weight excluding hydrogens is 332 g/mol. The van der Waals surface area contributed by atoms with Crippen LogP contribution in [0.5, 0.6) is 0 Å². The van der Waals surface area contributed by atoms with Gasteiger partial charge in [-0.25, -0.2) is 9.59 Å². The summed E-state index contributed by atoms with van der Waals surface area (Å²) in [5, 5.41) is 12.8. The van der Waals surface area contributed by atoms with Crippen molar-refractivity contribution in [1.29, 1.82) is 0 Å². The van der Waals surface area contributed by atoms with Gasteiger partial charge in [0.2, 0.25) is 0 Å². The fourth-order valence-corrected chi connectivity index (χ4v) is 2.65. The molecule has 2 aromatic rings. The zero-order valence-electron chi connectivity index (χ0n) is 15.7. The van der Waals surface area contributed by atoms with Gasteiger partial charge in [0.05, 0.1) is 0 Å². The molecule has 0 spiro atoms. The highest BCUT2D eigenvalue weighted by Gasteiger charge is 2.22. The van der Waals surface area contributed by atoms with Crippen LogP contribution in [0.15, 0.2) is 42.2 Å². The lowest BCUT2D eigenvalue weighted by atomic mass is 10.1. The third-order valence-electron chi connectivity index (χ3n) is 4.43. The maximum atomic E-state index is 11.9. The quantitative estimate of drug-likeness (QED) is 0.733. The number of rotatable bonds is 7. The van der Waals surface area contributed by atoms with E-state index in [9.17, 15) is 14.7 Å². The lowest BCUT2D eigenvalue weighted by Gasteiger charge is -2.23. The minimum absolute atomic E-state index is 0.165. The first-order valence-corrected chi connectivity index (χ1v) is 8.70. The third kappa shape index (κ3) is 4.88. The Morgan fingerprint density at radius 1 is 1.31 bits per heavy atom. The van der Waals surface area contributed by atoms with Crippen LogP contribution < -0.4 is 5.32 Å². The molecule has 1 aromatic carbocycles. The van der Waals surface area contributed by atoms with Gasteiger partial charge in [-0.2, -0.15) is 0 Å². The van der Waals surface area contributed by atoms with Crippen LogP contribution in [0, 0.1) is 0 Å². The van der Waals surface area contributed by atoms with E-state index in [4.69, 9.17) is 4.74 Å². The Morgan fingerprint density at radius 2 is 2.00 bits per heavy atom. The van der Waals surface area contributed by atoms with E-state index in [1.165, 1.54) is 6.08 Å². The fourth-order valence-electron chi connectivity index (χ4n) is 2.65. The van der Waals surface area contributed by atoms with Gasteiger partial charge in [-0.3, -0.25) is 5.32 Å². The Balaban J connectivity index is 2.05. The molecule has 1 heterocycles. The number of carbonyl (C=O) groups excluding carboxylic acids is 1. The van der Waals surface area contributed by atoms with Crippen LogP contribution in [0.1, 0.15) is 39.2 Å². The second kappa shape index (κ2) is 8.08. The van der Waals surface area contributed by atoms with Gasteiger partial charge in [-0.05, 0) is 44.7 Å². The first-order valence-electron chi connectivity index (χ1n) is 8.70. The number of carboxylic acids is 1. The largest absolute Gasteiger partial charge is 0.477 e. The van der Waals surface area contributed by atoms with Gasteiger partial charge < -0.3 is 14.4 Å². The molecule has 0 fully saturated rings. The van der Waals surface area contributed by atoms with E-state index in [1.54, 1.807) is 13.8 Å². The maximum Gasteiger partial charge on any atom is 0.412 e. The molecule has 6 nitrogen and oxygen atoms in total. The van der Waals surface area contributed by atoms with Crippen molar-refractivity contribution in [2.45, 2.75) is 45.6 Å². The summed E-state index contributed by atoms with van der Waals surface area (Å²) in [7, 11) is 1.98. The molecule has 0 radical (unpaired) electrons. The summed E-state index contributed by atoms with van der Waals surface area (Å²) >= 11 is 0. The summed E-state index contributed by atoms with van der Waals surface area (Å²) in [4.78, 5) is 23.3. The highest BCUT2D eigenvalue weighted by atomic mass is 16.6. The number of ether oxygens (including phenoxy) is 1. The summed E-state index contributed by atoms with van der Waals surface area (Å²) in [6, 6.07) is 8.07. The average Bonchev–Trinajstić information content (AvgIpc) is 2.90. The summed E-state index contributed by atoms with van der Waals surface area (Å²) in [5.41, 5.74) is 1.46. The van der Waals surface area contributed by atoms with Gasteiger partial charge in [0.25, 0.3) is 0 Å². The Kier molecular flexibility index (Phi) is 6.08. The molecule has 140 valence electrons. The van der Waals surface area contributed by atoms with Crippen LogP contribution in [0.4, 0.5) is 4.79 Å². The molecule has 2 N–H and O–H groups in total. The third-order valence-corrected chi connectivity index (χ3v) is 4.43. The normalized spacial score (nSPS) is 12.2. The predicted molar refractivity (Wildman–Crippen MR) is 101 cm³/mol. The number of aryl methyl sites for hydroxylation is 2. The molecule has 0 unspecified atom stereocenters. The average molecular weight is 358 g/mol.